The van der Waals surface area contributed by atoms with Crippen LogP contribution in [-0.4, -0.2) is 37.0 Å². The third-order valence-corrected chi connectivity index (χ3v) is 5.38. The number of morpholine rings is 1. The summed E-state index contributed by atoms with van der Waals surface area (Å²) in [6.45, 7) is 2.11. The maximum Gasteiger partial charge on any atom is 0.238 e. The van der Waals surface area contributed by atoms with Crippen molar-refractivity contribution in [3.63, 3.8) is 0 Å². The summed E-state index contributed by atoms with van der Waals surface area (Å²) in [5.74, 6) is -0.750. The lowest BCUT2D eigenvalue weighted by molar-refractivity contribution is -0.129. The smallest absolute Gasteiger partial charge is 0.238 e. The summed E-state index contributed by atoms with van der Waals surface area (Å²) in [7, 11) is 0. The van der Waals surface area contributed by atoms with Gasteiger partial charge in [0.05, 0.1) is 18.8 Å². The quantitative estimate of drug-likeness (QED) is 0.892. The first-order valence-electron chi connectivity index (χ1n) is 8.75. The Morgan fingerprint density at radius 3 is 3.04 bits per heavy atom. The van der Waals surface area contributed by atoms with Crippen molar-refractivity contribution >= 4 is 23.2 Å². The lowest BCUT2D eigenvalue weighted by atomic mass is 9.93. The van der Waals surface area contributed by atoms with E-state index < -0.39 is 5.82 Å². The molecule has 1 N–H and O–H groups in total. The van der Waals surface area contributed by atoms with Gasteiger partial charge >= 0.3 is 0 Å². The van der Waals surface area contributed by atoms with Gasteiger partial charge in [0, 0.05) is 18.1 Å². The molecule has 4 rings (SSSR count). The molecular weight excluding hydrogens is 355 g/mol. The van der Waals surface area contributed by atoms with Gasteiger partial charge in [0.25, 0.3) is 0 Å². The van der Waals surface area contributed by atoms with Crippen molar-refractivity contribution in [2.24, 2.45) is 0 Å². The molecule has 1 aliphatic heterocycles. The number of halogens is 2. The van der Waals surface area contributed by atoms with Crippen LogP contribution in [0.25, 0.3) is 0 Å². The predicted molar refractivity (Wildman–Crippen MR) is 98.9 cm³/mol. The lowest BCUT2D eigenvalue weighted by Crippen LogP contribution is -2.50. The first-order chi connectivity index (χ1) is 12.6. The van der Waals surface area contributed by atoms with Crippen LogP contribution in [0.1, 0.15) is 17.5 Å². The molecule has 1 aliphatic carbocycles. The van der Waals surface area contributed by atoms with Gasteiger partial charge in [-0.2, -0.15) is 0 Å². The second-order valence-corrected chi connectivity index (χ2v) is 7.32. The van der Waals surface area contributed by atoms with Crippen molar-refractivity contribution in [1.82, 2.24) is 4.90 Å². The van der Waals surface area contributed by atoms with Crippen LogP contribution in [0.2, 0.25) is 5.02 Å². The molecule has 2 aliphatic rings. The Kier molecular flexibility index (Phi) is 4.69. The minimum atomic E-state index is -0.495. The number of ether oxygens (including phenoxy) is 1. The van der Waals surface area contributed by atoms with E-state index in [9.17, 15) is 9.18 Å². The summed E-state index contributed by atoms with van der Waals surface area (Å²) < 4.78 is 20.0. The molecule has 0 unspecified atom stereocenters. The molecule has 0 saturated carbocycles. The molecule has 1 fully saturated rings. The topological polar surface area (TPSA) is 41.6 Å². The zero-order valence-electron chi connectivity index (χ0n) is 14.3. The number of carbonyl (C=O) groups is 1. The summed E-state index contributed by atoms with van der Waals surface area (Å²) in [4.78, 5) is 14.5. The highest BCUT2D eigenvalue weighted by molar-refractivity contribution is 6.30. The van der Waals surface area contributed by atoms with Gasteiger partial charge < -0.3 is 10.1 Å². The molecule has 0 radical (unpaired) electrons. The fraction of sp³-hybridized carbons (Fsp3) is 0.350. The molecule has 6 heteroatoms. The number of carbonyl (C=O) groups excluding carboxylic acids is 1. The normalized spacial score (nSPS) is 22.4. The Balaban J connectivity index is 1.44. The Morgan fingerprint density at radius 1 is 1.31 bits per heavy atom. The highest BCUT2D eigenvalue weighted by Gasteiger charge is 2.43. The van der Waals surface area contributed by atoms with Crippen molar-refractivity contribution in [3.8, 4) is 0 Å². The third-order valence-electron chi connectivity index (χ3n) is 5.14. The van der Waals surface area contributed by atoms with E-state index >= 15 is 0 Å². The van der Waals surface area contributed by atoms with Crippen LogP contribution in [0.15, 0.2) is 42.5 Å². The minimum absolute atomic E-state index is 0.108. The van der Waals surface area contributed by atoms with E-state index in [0.717, 1.165) is 12.8 Å². The van der Waals surface area contributed by atoms with Gasteiger partial charge in [0.1, 0.15) is 11.4 Å². The number of amides is 1. The summed E-state index contributed by atoms with van der Waals surface area (Å²) in [5, 5.41) is 3.00. The van der Waals surface area contributed by atoms with Crippen molar-refractivity contribution < 1.29 is 13.9 Å². The number of rotatable bonds is 3. The second-order valence-electron chi connectivity index (χ2n) is 6.88. The van der Waals surface area contributed by atoms with Crippen molar-refractivity contribution in [1.29, 1.82) is 0 Å². The molecule has 0 bridgehead atoms. The first-order valence-corrected chi connectivity index (χ1v) is 9.13. The van der Waals surface area contributed by atoms with Gasteiger partial charge in [-0.05, 0) is 42.2 Å². The maximum absolute atomic E-state index is 13.8. The summed E-state index contributed by atoms with van der Waals surface area (Å²) >= 11 is 5.88. The zero-order valence-corrected chi connectivity index (χ0v) is 15.1. The summed E-state index contributed by atoms with van der Waals surface area (Å²) in [6.07, 6.45) is 1.91. The number of fused-ring (bicyclic) bond motifs is 2. The maximum atomic E-state index is 13.8. The largest absolute Gasteiger partial charge is 0.368 e. The van der Waals surface area contributed by atoms with Crippen LogP contribution in [0.5, 0.6) is 0 Å². The van der Waals surface area contributed by atoms with Crippen molar-refractivity contribution in [2.45, 2.75) is 18.4 Å². The average molecular weight is 375 g/mol. The molecule has 1 spiro atoms. The number of hydrogen-bond donors (Lipinski definition) is 1. The molecule has 26 heavy (non-hydrogen) atoms. The molecule has 0 aromatic heterocycles. The van der Waals surface area contributed by atoms with Gasteiger partial charge in [-0.15, -0.1) is 0 Å². The standard InChI is InChI=1S/C20H20ClFN2O2/c21-15-5-6-17(22)18(11-15)23-19(25)12-24-9-10-26-20(13-24)8-7-14-3-1-2-4-16(14)20/h1-6,11H,7-10,12-13H2,(H,23,25)/t20-/m0/s1. The monoisotopic (exact) mass is 374 g/mol. The minimum Gasteiger partial charge on any atom is -0.368 e. The van der Waals surface area contributed by atoms with Crippen molar-refractivity contribution in [3.05, 3.63) is 64.4 Å². The fourth-order valence-electron chi connectivity index (χ4n) is 3.95. The van der Waals surface area contributed by atoms with Crippen LogP contribution < -0.4 is 5.32 Å². The van der Waals surface area contributed by atoms with Gasteiger partial charge in [0.2, 0.25) is 5.91 Å². The van der Waals surface area contributed by atoms with E-state index in [2.05, 4.69) is 22.3 Å². The van der Waals surface area contributed by atoms with Gasteiger partial charge in [0.15, 0.2) is 0 Å². The highest BCUT2D eigenvalue weighted by atomic mass is 35.5. The van der Waals surface area contributed by atoms with E-state index in [-0.39, 0.29) is 23.7 Å². The zero-order chi connectivity index (χ0) is 18.1. The van der Waals surface area contributed by atoms with Gasteiger partial charge in [-0.1, -0.05) is 35.9 Å². The lowest BCUT2D eigenvalue weighted by Gasteiger charge is -2.41. The third kappa shape index (κ3) is 3.34. The number of hydrogen-bond acceptors (Lipinski definition) is 3. The Bertz CT molecular complexity index is 840. The average Bonchev–Trinajstić information content (AvgIpc) is 2.97. The van der Waals surface area contributed by atoms with Gasteiger partial charge in [-0.25, -0.2) is 4.39 Å². The molecule has 2 aromatic rings. The number of benzene rings is 2. The van der Waals surface area contributed by atoms with Crippen LogP contribution in [-0.2, 0) is 21.6 Å². The van der Waals surface area contributed by atoms with Gasteiger partial charge in [-0.3, -0.25) is 9.69 Å². The van der Waals surface area contributed by atoms with Crippen LogP contribution in [0.3, 0.4) is 0 Å². The highest BCUT2D eigenvalue weighted by Crippen LogP contribution is 2.42. The molecular formula is C20H20ClFN2O2. The molecule has 1 saturated heterocycles. The van der Waals surface area contributed by atoms with E-state index in [1.807, 2.05) is 12.1 Å². The number of aryl methyl sites for hydroxylation is 1. The van der Waals surface area contributed by atoms with E-state index in [4.69, 9.17) is 16.3 Å². The van der Waals surface area contributed by atoms with Crippen molar-refractivity contribution in [2.75, 3.05) is 31.6 Å². The molecule has 1 amide bonds. The molecule has 136 valence electrons. The Morgan fingerprint density at radius 2 is 2.15 bits per heavy atom. The molecule has 1 atom stereocenters. The Labute approximate surface area is 156 Å². The van der Waals surface area contributed by atoms with Crippen LogP contribution in [0, 0.1) is 5.82 Å². The molecule has 2 aromatic carbocycles. The molecule has 1 heterocycles. The fourth-order valence-corrected chi connectivity index (χ4v) is 4.12. The number of nitrogens with one attached hydrogen (secondary N) is 1. The van der Waals surface area contributed by atoms with Crippen LogP contribution >= 0.6 is 11.6 Å². The van der Waals surface area contributed by atoms with E-state index in [1.165, 1.54) is 29.3 Å². The first kappa shape index (κ1) is 17.5. The molecule has 4 nitrogen and oxygen atoms in total. The predicted octanol–water partition coefficient (Wildman–Crippen LogP) is 3.59. The van der Waals surface area contributed by atoms with E-state index in [1.54, 1.807) is 0 Å². The second kappa shape index (κ2) is 6.99. The Hall–Kier alpha value is -1.95. The number of nitrogens with zero attached hydrogens (tertiary/aromatic N) is 1. The summed E-state index contributed by atoms with van der Waals surface area (Å²) in [6, 6.07) is 12.5. The summed E-state index contributed by atoms with van der Waals surface area (Å²) in [5.41, 5.74) is 2.32. The number of anilines is 1. The van der Waals surface area contributed by atoms with E-state index in [0.29, 0.717) is 24.7 Å². The SMILES string of the molecule is O=C(CN1CCO[C@@]2(CCc3ccccc32)C1)Nc1cc(Cl)ccc1F. The van der Waals surface area contributed by atoms with Crippen LogP contribution in [0.4, 0.5) is 10.1 Å².